The molecule has 102 valence electrons. The van der Waals surface area contributed by atoms with E-state index in [9.17, 15) is 4.79 Å². The molecule has 3 N–H and O–H groups in total. The zero-order valence-electron chi connectivity index (χ0n) is 10.4. The van der Waals surface area contributed by atoms with E-state index in [4.69, 9.17) is 20.3 Å². The van der Waals surface area contributed by atoms with Crippen molar-refractivity contribution in [2.24, 2.45) is 5.73 Å². The number of hydrogen-bond acceptors (Lipinski definition) is 4. The molecule has 0 aliphatic rings. The van der Waals surface area contributed by atoms with Gasteiger partial charge in [0.2, 0.25) is 0 Å². The largest absolute Gasteiger partial charge is 0.493 e. The normalized spacial score (nSPS) is 11.3. The van der Waals surface area contributed by atoms with Gasteiger partial charge in [0.15, 0.2) is 11.5 Å². The molecule has 0 heterocycles. The molecule has 0 amide bonds. The van der Waals surface area contributed by atoms with Crippen LogP contribution in [0.4, 0.5) is 0 Å². The van der Waals surface area contributed by atoms with E-state index in [1.54, 1.807) is 20.3 Å². The standard InChI is InChI=1S/C12H17NO4.ClH/c1-16-10-6-4-8(7-11(10)17-2)3-5-9(13)12(14)15;/h4,6-7,9H,3,5,13H2,1-2H3,(H,14,15);1H/t9-;/m0./s1. The third-order valence-corrected chi connectivity index (χ3v) is 2.51. The van der Waals surface area contributed by atoms with Crippen LogP contribution in [0, 0.1) is 0 Å². The maximum Gasteiger partial charge on any atom is 0.320 e. The fourth-order valence-electron chi connectivity index (χ4n) is 1.48. The van der Waals surface area contributed by atoms with Gasteiger partial charge >= 0.3 is 5.97 Å². The van der Waals surface area contributed by atoms with Crippen LogP contribution in [0.2, 0.25) is 0 Å². The molecule has 0 saturated heterocycles. The summed E-state index contributed by atoms with van der Waals surface area (Å²) in [5.74, 6) is 0.304. The van der Waals surface area contributed by atoms with Crippen molar-refractivity contribution < 1.29 is 19.4 Å². The van der Waals surface area contributed by atoms with E-state index < -0.39 is 12.0 Å². The molecule has 0 aliphatic carbocycles. The Labute approximate surface area is 112 Å². The van der Waals surface area contributed by atoms with Crippen LogP contribution in [0.1, 0.15) is 12.0 Å². The quantitative estimate of drug-likeness (QED) is 0.822. The predicted molar refractivity (Wildman–Crippen MR) is 70.7 cm³/mol. The minimum atomic E-state index is -0.981. The summed E-state index contributed by atoms with van der Waals surface area (Å²) in [7, 11) is 3.13. The SMILES string of the molecule is COc1ccc(CC[C@H](N)C(=O)O)cc1OC.Cl. The lowest BCUT2D eigenvalue weighted by Crippen LogP contribution is -2.30. The monoisotopic (exact) mass is 275 g/mol. The highest BCUT2D eigenvalue weighted by Gasteiger charge is 2.12. The van der Waals surface area contributed by atoms with Gasteiger partial charge in [0.05, 0.1) is 14.2 Å². The second-order valence-electron chi connectivity index (χ2n) is 3.67. The molecule has 1 rings (SSSR count). The van der Waals surface area contributed by atoms with Crippen LogP contribution < -0.4 is 15.2 Å². The number of ether oxygens (including phenoxy) is 2. The number of rotatable bonds is 6. The van der Waals surface area contributed by atoms with Crippen LogP contribution in [-0.2, 0) is 11.2 Å². The molecule has 1 atom stereocenters. The maximum absolute atomic E-state index is 10.6. The van der Waals surface area contributed by atoms with E-state index in [0.29, 0.717) is 24.3 Å². The fraction of sp³-hybridized carbons (Fsp3) is 0.417. The summed E-state index contributed by atoms with van der Waals surface area (Å²) in [6.07, 6.45) is 0.985. The average molecular weight is 276 g/mol. The molecule has 0 saturated carbocycles. The van der Waals surface area contributed by atoms with Crippen molar-refractivity contribution in [3.8, 4) is 11.5 Å². The molecule has 0 aliphatic heterocycles. The van der Waals surface area contributed by atoms with Crippen LogP contribution in [0.3, 0.4) is 0 Å². The Morgan fingerprint density at radius 3 is 2.44 bits per heavy atom. The van der Waals surface area contributed by atoms with Gasteiger partial charge in [0.25, 0.3) is 0 Å². The van der Waals surface area contributed by atoms with Crippen molar-refractivity contribution in [2.45, 2.75) is 18.9 Å². The van der Waals surface area contributed by atoms with Crippen LogP contribution >= 0.6 is 12.4 Å². The van der Waals surface area contributed by atoms with Gasteiger partial charge in [-0.3, -0.25) is 4.79 Å². The van der Waals surface area contributed by atoms with E-state index in [1.807, 2.05) is 12.1 Å². The van der Waals surface area contributed by atoms with Crippen molar-refractivity contribution in [1.29, 1.82) is 0 Å². The zero-order valence-corrected chi connectivity index (χ0v) is 11.2. The number of methoxy groups -OCH3 is 2. The molecular weight excluding hydrogens is 258 g/mol. The van der Waals surface area contributed by atoms with Gasteiger partial charge in [-0.1, -0.05) is 6.07 Å². The summed E-state index contributed by atoms with van der Waals surface area (Å²) >= 11 is 0. The van der Waals surface area contributed by atoms with Crippen molar-refractivity contribution in [1.82, 2.24) is 0 Å². The first kappa shape index (κ1) is 16.5. The number of aliphatic carboxylic acids is 1. The lowest BCUT2D eigenvalue weighted by atomic mass is 10.1. The minimum Gasteiger partial charge on any atom is -0.493 e. The fourth-order valence-corrected chi connectivity index (χ4v) is 1.48. The van der Waals surface area contributed by atoms with E-state index in [0.717, 1.165) is 5.56 Å². The molecule has 18 heavy (non-hydrogen) atoms. The van der Waals surface area contributed by atoms with Crippen LogP contribution in [0.15, 0.2) is 18.2 Å². The molecule has 0 fully saturated rings. The average Bonchev–Trinajstić information content (AvgIpc) is 2.35. The molecule has 0 spiro atoms. The Balaban J connectivity index is 0.00000289. The Bertz CT molecular complexity index is 398. The Morgan fingerprint density at radius 2 is 1.94 bits per heavy atom. The topological polar surface area (TPSA) is 81.8 Å². The van der Waals surface area contributed by atoms with Gasteiger partial charge in [-0.05, 0) is 30.5 Å². The Morgan fingerprint density at radius 1 is 1.33 bits per heavy atom. The third kappa shape index (κ3) is 4.43. The van der Waals surface area contributed by atoms with Crippen molar-refractivity contribution in [2.75, 3.05) is 14.2 Å². The first-order chi connectivity index (χ1) is 8.08. The van der Waals surface area contributed by atoms with Crippen LogP contribution in [0.5, 0.6) is 11.5 Å². The van der Waals surface area contributed by atoms with Crippen molar-refractivity contribution >= 4 is 18.4 Å². The van der Waals surface area contributed by atoms with Gasteiger partial charge in [-0.15, -0.1) is 12.4 Å². The van der Waals surface area contributed by atoms with E-state index in [1.165, 1.54) is 0 Å². The summed E-state index contributed by atoms with van der Waals surface area (Å²) in [5.41, 5.74) is 6.41. The molecule has 0 unspecified atom stereocenters. The van der Waals surface area contributed by atoms with Crippen molar-refractivity contribution in [3.63, 3.8) is 0 Å². The number of aryl methyl sites for hydroxylation is 1. The second-order valence-corrected chi connectivity index (χ2v) is 3.67. The predicted octanol–water partition coefficient (Wildman–Crippen LogP) is 1.47. The van der Waals surface area contributed by atoms with E-state index in [-0.39, 0.29) is 12.4 Å². The smallest absolute Gasteiger partial charge is 0.320 e. The molecule has 0 bridgehead atoms. The molecule has 5 nitrogen and oxygen atoms in total. The van der Waals surface area contributed by atoms with Gasteiger partial charge in [0, 0.05) is 0 Å². The number of hydrogen-bond donors (Lipinski definition) is 2. The summed E-state index contributed by atoms with van der Waals surface area (Å²) in [5, 5.41) is 8.67. The highest BCUT2D eigenvalue weighted by Crippen LogP contribution is 2.27. The summed E-state index contributed by atoms with van der Waals surface area (Å²) in [6, 6.07) is 4.66. The Kier molecular flexibility index (Phi) is 7.16. The molecule has 0 radical (unpaired) electrons. The molecule has 6 heteroatoms. The second kappa shape index (κ2) is 7.79. The first-order valence-electron chi connectivity index (χ1n) is 5.27. The number of carboxylic acid groups (broad SMARTS) is 1. The molecular formula is C12H18ClNO4. The summed E-state index contributed by atoms with van der Waals surface area (Å²) in [4.78, 5) is 10.6. The summed E-state index contributed by atoms with van der Waals surface area (Å²) < 4.78 is 10.3. The number of nitrogens with two attached hydrogens (primary N) is 1. The Hall–Kier alpha value is -1.46. The number of carboxylic acids is 1. The van der Waals surface area contributed by atoms with Gasteiger partial charge < -0.3 is 20.3 Å². The lowest BCUT2D eigenvalue weighted by molar-refractivity contribution is -0.138. The van der Waals surface area contributed by atoms with Gasteiger partial charge in [0.1, 0.15) is 6.04 Å². The minimum absolute atomic E-state index is 0. The van der Waals surface area contributed by atoms with Crippen LogP contribution in [-0.4, -0.2) is 31.3 Å². The lowest BCUT2D eigenvalue weighted by Gasteiger charge is -2.10. The van der Waals surface area contributed by atoms with E-state index in [2.05, 4.69) is 0 Å². The number of halogens is 1. The zero-order chi connectivity index (χ0) is 12.8. The maximum atomic E-state index is 10.6. The number of carbonyl (C=O) groups is 1. The summed E-state index contributed by atoms with van der Waals surface area (Å²) in [6.45, 7) is 0. The van der Waals surface area contributed by atoms with Crippen molar-refractivity contribution in [3.05, 3.63) is 23.8 Å². The van der Waals surface area contributed by atoms with Gasteiger partial charge in [-0.25, -0.2) is 0 Å². The highest BCUT2D eigenvalue weighted by atomic mass is 35.5. The first-order valence-corrected chi connectivity index (χ1v) is 5.27. The van der Waals surface area contributed by atoms with Crippen LogP contribution in [0.25, 0.3) is 0 Å². The highest BCUT2D eigenvalue weighted by molar-refractivity contribution is 5.85. The third-order valence-electron chi connectivity index (χ3n) is 2.51. The van der Waals surface area contributed by atoms with E-state index >= 15 is 0 Å². The van der Waals surface area contributed by atoms with Gasteiger partial charge in [-0.2, -0.15) is 0 Å². The molecule has 0 aromatic heterocycles. The molecule has 1 aromatic carbocycles. The number of benzene rings is 1. The molecule has 1 aromatic rings.